The summed E-state index contributed by atoms with van der Waals surface area (Å²) in [5, 5.41) is 25.1. The third-order valence-corrected chi connectivity index (χ3v) is 4.54. The number of nitrogens with zero attached hydrogens (tertiary/aromatic N) is 1. The highest BCUT2D eigenvalue weighted by molar-refractivity contribution is 5.89. The van der Waals surface area contributed by atoms with Gasteiger partial charge in [0.2, 0.25) is 0 Å². The van der Waals surface area contributed by atoms with Gasteiger partial charge in [-0.2, -0.15) is 5.26 Å². The lowest BCUT2D eigenvalue weighted by Gasteiger charge is -2.23. The molecule has 1 aliphatic carbocycles. The van der Waals surface area contributed by atoms with Crippen LogP contribution in [0.5, 0.6) is 5.75 Å². The third-order valence-electron chi connectivity index (χ3n) is 4.54. The summed E-state index contributed by atoms with van der Waals surface area (Å²) in [6.45, 7) is 2.05. The van der Waals surface area contributed by atoms with Gasteiger partial charge in [0.05, 0.1) is 12.0 Å². The molecule has 3 atom stereocenters. The van der Waals surface area contributed by atoms with Crippen LogP contribution in [0.2, 0.25) is 0 Å². The average molecular weight is 280 g/mol. The average Bonchev–Trinajstić information content (AvgIpc) is 2.95. The summed E-state index contributed by atoms with van der Waals surface area (Å²) in [5.74, 6) is 0.439. The summed E-state index contributed by atoms with van der Waals surface area (Å²) >= 11 is 0. The first-order valence-corrected chi connectivity index (χ1v) is 7.57. The van der Waals surface area contributed by atoms with Crippen molar-refractivity contribution in [3.8, 4) is 11.8 Å². The lowest BCUT2D eigenvalue weighted by molar-refractivity contribution is 0.403. The van der Waals surface area contributed by atoms with Gasteiger partial charge in [-0.25, -0.2) is 0 Å². The molecule has 0 heterocycles. The molecule has 0 saturated heterocycles. The van der Waals surface area contributed by atoms with Crippen molar-refractivity contribution in [2.24, 2.45) is 5.92 Å². The fourth-order valence-corrected chi connectivity index (χ4v) is 3.35. The fourth-order valence-electron chi connectivity index (χ4n) is 3.35. The molecule has 1 saturated carbocycles. The van der Waals surface area contributed by atoms with Crippen LogP contribution >= 0.6 is 0 Å². The van der Waals surface area contributed by atoms with E-state index in [1.54, 1.807) is 0 Å². The van der Waals surface area contributed by atoms with Crippen molar-refractivity contribution in [1.29, 1.82) is 5.26 Å². The number of nitrogens with one attached hydrogen (secondary N) is 1. The molecule has 0 radical (unpaired) electrons. The van der Waals surface area contributed by atoms with E-state index in [1.807, 2.05) is 36.4 Å². The van der Waals surface area contributed by atoms with Crippen LogP contribution in [0.1, 0.15) is 37.8 Å². The van der Waals surface area contributed by atoms with E-state index in [4.69, 9.17) is 0 Å². The first-order chi connectivity index (χ1) is 10.2. The lowest BCUT2D eigenvalue weighted by atomic mass is 9.98. The minimum Gasteiger partial charge on any atom is -0.507 e. The molecular formula is C18H20N2O. The molecule has 0 amide bonds. The first kappa shape index (κ1) is 13.9. The van der Waals surface area contributed by atoms with E-state index in [0.29, 0.717) is 5.75 Å². The van der Waals surface area contributed by atoms with Crippen LogP contribution < -0.4 is 5.32 Å². The molecular weight excluding hydrogens is 260 g/mol. The van der Waals surface area contributed by atoms with E-state index in [2.05, 4.69) is 18.3 Å². The SMILES string of the molecule is CC(NC1CCCC1C#N)c1ccc2ccccc2c1O. The van der Waals surface area contributed by atoms with Crippen LogP contribution in [0, 0.1) is 17.2 Å². The largest absolute Gasteiger partial charge is 0.507 e. The van der Waals surface area contributed by atoms with Crippen molar-refractivity contribution in [1.82, 2.24) is 5.32 Å². The van der Waals surface area contributed by atoms with Crippen LogP contribution in [0.25, 0.3) is 10.8 Å². The van der Waals surface area contributed by atoms with Crippen LogP contribution in [0.3, 0.4) is 0 Å². The van der Waals surface area contributed by atoms with Crippen LogP contribution in [-0.2, 0) is 0 Å². The molecule has 3 heteroatoms. The van der Waals surface area contributed by atoms with Crippen molar-refractivity contribution < 1.29 is 5.11 Å². The monoisotopic (exact) mass is 280 g/mol. The summed E-state index contributed by atoms with van der Waals surface area (Å²) in [5.41, 5.74) is 0.900. The zero-order valence-corrected chi connectivity index (χ0v) is 12.2. The lowest BCUT2D eigenvalue weighted by Crippen LogP contribution is -2.33. The van der Waals surface area contributed by atoms with Crippen molar-refractivity contribution in [2.45, 2.75) is 38.3 Å². The van der Waals surface area contributed by atoms with E-state index < -0.39 is 0 Å². The topological polar surface area (TPSA) is 56.0 Å². The van der Waals surface area contributed by atoms with Gasteiger partial charge in [0.1, 0.15) is 5.75 Å². The van der Waals surface area contributed by atoms with Crippen molar-refractivity contribution in [3.05, 3.63) is 42.0 Å². The maximum atomic E-state index is 10.5. The van der Waals surface area contributed by atoms with Gasteiger partial charge in [-0.1, -0.05) is 42.8 Å². The van der Waals surface area contributed by atoms with E-state index in [1.165, 1.54) is 0 Å². The second kappa shape index (κ2) is 5.75. The molecule has 108 valence electrons. The van der Waals surface area contributed by atoms with Crippen LogP contribution in [0.4, 0.5) is 0 Å². The van der Waals surface area contributed by atoms with E-state index in [0.717, 1.165) is 35.6 Å². The quantitative estimate of drug-likeness (QED) is 0.896. The van der Waals surface area contributed by atoms with Gasteiger partial charge in [-0.15, -0.1) is 0 Å². The predicted octanol–water partition coefficient (Wildman–Crippen LogP) is 3.89. The van der Waals surface area contributed by atoms with Crippen LogP contribution in [0.15, 0.2) is 36.4 Å². The summed E-state index contributed by atoms with van der Waals surface area (Å²) in [7, 11) is 0. The predicted molar refractivity (Wildman–Crippen MR) is 83.9 cm³/mol. The van der Waals surface area contributed by atoms with Crippen molar-refractivity contribution in [2.75, 3.05) is 0 Å². The molecule has 3 nitrogen and oxygen atoms in total. The Bertz CT molecular complexity index is 689. The van der Waals surface area contributed by atoms with E-state index in [9.17, 15) is 10.4 Å². The summed E-state index contributed by atoms with van der Waals surface area (Å²) in [4.78, 5) is 0. The molecule has 1 fully saturated rings. The van der Waals surface area contributed by atoms with Gasteiger partial charge in [-0.3, -0.25) is 0 Å². The molecule has 1 aliphatic rings. The molecule has 2 aromatic rings. The van der Waals surface area contributed by atoms with Gasteiger partial charge in [0.15, 0.2) is 0 Å². The molecule has 0 aliphatic heterocycles. The Morgan fingerprint density at radius 1 is 1.24 bits per heavy atom. The molecule has 0 spiro atoms. The van der Waals surface area contributed by atoms with Crippen molar-refractivity contribution in [3.63, 3.8) is 0 Å². The standard InChI is InChI=1S/C18H20N2O/c1-12(20-17-8-4-6-14(17)11-19)15-10-9-13-5-2-3-7-16(13)18(15)21/h2-3,5,7,9-10,12,14,17,20-21H,4,6,8H2,1H3. The van der Waals surface area contributed by atoms with E-state index in [-0.39, 0.29) is 18.0 Å². The molecule has 0 aromatic heterocycles. The zero-order chi connectivity index (χ0) is 14.8. The minimum atomic E-state index is 0.0357. The van der Waals surface area contributed by atoms with E-state index >= 15 is 0 Å². The Morgan fingerprint density at radius 2 is 2.05 bits per heavy atom. The molecule has 21 heavy (non-hydrogen) atoms. The number of fused-ring (bicyclic) bond motifs is 1. The number of rotatable bonds is 3. The molecule has 3 unspecified atom stereocenters. The number of phenolic OH excluding ortho intramolecular Hbond substituents is 1. The molecule has 2 aromatic carbocycles. The highest BCUT2D eigenvalue weighted by Gasteiger charge is 2.28. The summed E-state index contributed by atoms with van der Waals surface area (Å²) in [6.07, 6.45) is 3.12. The number of benzene rings is 2. The van der Waals surface area contributed by atoms with Gasteiger partial charge >= 0.3 is 0 Å². The van der Waals surface area contributed by atoms with Gasteiger partial charge in [0.25, 0.3) is 0 Å². The molecule has 3 rings (SSSR count). The number of hydrogen-bond donors (Lipinski definition) is 2. The Kier molecular flexibility index (Phi) is 3.81. The summed E-state index contributed by atoms with van der Waals surface area (Å²) in [6, 6.07) is 14.5. The smallest absolute Gasteiger partial charge is 0.128 e. The minimum absolute atomic E-state index is 0.0357. The number of aromatic hydroxyl groups is 1. The van der Waals surface area contributed by atoms with Gasteiger partial charge in [0, 0.05) is 23.0 Å². The Morgan fingerprint density at radius 3 is 2.86 bits per heavy atom. The number of nitriles is 1. The number of hydrogen-bond acceptors (Lipinski definition) is 3. The Balaban J connectivity index is 1.86. The van der Waals surface area contributed by atoms with Crippen molar-refractivity contribution >= 4 is 10.8 Å². The molecule has 2 N–H and O–H groups in total. The molecule has 0 bridgehead atoms. The fraction of sp³-hybridized carbons (Fsp3) is 0.389. The van der Waals surface area contributed by atoms with Gasteiger partial charge in [-0.05, 0) is 25.2 Å². The maximum absolute atomic E-state index is 10.5. The van der Waals surface area contributed by atoms with Crippen LogP contribution in [-0.4, -0.2) is 11.1 Å². The third kappa shape index (κ3) is 2.59. The first-order valence-electron chi connectivity index (χ1n) is 7.57. The maximum Gasteiger partial charge on any atom is 0.128 e. The number of phenols is 1. The Labute approximate surface area is 125 Å². The second-order valence-electron chi connectivity index (χ2n) is 5.89. The highest BCUT2D eigenvalue weighted by Crippen LogP contribution is 2.34. The van der Waals surface area contributed by atoms with Gasteiger partial charge < -0.3 is 10.4 Å². The Hall–Kier alpha value is -2.05. The highest BCUT2D eigenvalue weighted by atomic mass is 16.3. The normalized spacial score (nSPS) is 23.0. The zero-order valence-electron chi connectivity index (χ0n) is 12.2. The summed E-state index contributed by atoms with van der Waals surface area (Å²) < 4.78 is 0. The second-order valence-corrected chi connectivity index (χ2v) is 5.89.